The van der Waals surface area contributed by atoms with Crippen LogP contribution in [0, 0.1) is 6.92 Å². The molecule has 0 aliphatic rings. The van der Waals surface area contributed by atoms with E-state index in [1.165, 1.54) is 23.7 Å². The van der Waals surface area contributed by atoms with Crippen molar-refractivity contribution in [2.45, 2.75) is 13.3 Å². The Kier molecular flexibility index (Phi) is 3.37. The molecule has 5 nitrogen and oxygen atoms in total. The van der Waals surface area contributed by atoms with E-state index in [4.69, 9.17) is 9.52 Å². The molecule has 0 aliphatic heterocycles. The molecule has 102 valence electrons. The number of carboxylic acids is 1. The molecule has 0 saturated heterocycles. The van der Waals surface area contributed by atoms with Gasteiger partial charge in [-0.05, 0) is 6.92 Å². The first-order chi connectivity index (χ1) is 9.61. The summed E-state index contributed by atoms with van der Waals surface area (Å²) in [5.41, 5.74) is 1.79. The summed E-state index contributed by atoms with van der Waals surface area (Å²) in [6, 6.07) is 1.48. The maximum Gasteiger partial charge on any atom is 0.338 e. The van der Waals surface area contributed by atoms with E-state index in [-0.39, 0.29) is 5.56 Å². The number of aromatic nitrogens is 2. The molecule has 0 amide bonds. The quantitative estimate of drug-likeness (QED) is 0.799. The Labute approximate surface area is 122 Å². The highest BCUT2D eigenvalue weighted by Gasteiger charge is 2.13. The van der Waals surface area contributed by atoms with Crippen LogP contribution in [0.3, 0.4) is 0 Å². The summed E-state index contributed by atoms with van der Waals surface area (Å²) in [6.07, 6.45) is 1.90. The van der Waals surface area contributed by atoms with Gasteiger partial charge in [0.2, 0.25) is 0 Å². The van der Waals surface area contributed by atoms with Crippen LogP contribution in [0.5, 0.6) is 0 Å². The number of aryl methyl sites for hydroxylation is 1. The lowest BCUT2D eigenvalue weighted by atomic mass is 10.3. The number of thiazole rings is 2. The topological polar surface area (TPSA) is 76.2 Å². The van der Waals surface area contributed by atoms with Gasteiger partial charge in [0.25, 0.3) is 0 Å². The van der Waals surface area contributed by atoms with E-state index in [1.807, 2.05) is 17.7 Å². The minimum absolute atomic E-state index is 0.129. The lowest BCUT2D eigenvalue weighted by Crippen LogP contribution is -1.91. The summed E-state index contributed by atoms with van der Waals surface area (Å²) in [5, 5.41) is 14.7. The Bertz CT molecular complexity index is 757. The zero-order valence-electron chi connectivity index (χ0n) is 10.5. The highest BCUT2D eigenvalue weighted by Crippen LogP contribution is 2.25. The zero-order valence-corrected chi connectivity index (χ0v) is 12.1. The first-order valence-corrected chi connectivity index (χ1v) is 7.55. The van der Waals surface area contributed by atoms with Gasteiger partial charge >= 0.3 is 5.97 Å². The van der Waals surface area contributed by atoms with Gasteiger partial charge < -0.3 is 9.52 Å². The average Bonchev–Trinajstić information content (AvgIpc) is 3.10. The predicted molar refractivity (Wildman–Crippen MR) is 76.4 cm³/mol. The number of carboxylic acid groups (broad SMARTS) is 1. The third kappa shape index (κ3) is 2.63. The smallest absolute Gasteiger partial charge is 0.338 e. The van der Waals surface area contributed by atoms with Crippen LogP contribution >= 0.6 is 22.7 Å². The van der Waals surface area contributed by atoms with Crippen LogP contribution < -0.4 is 0 Å². The Balaban J connectivity index is 1.80. The average molecular weight is 306 g/mol. The van der Waals surface area contributed by atoms with Gasteiger partial charge in [0.15, 0.2) is 5.76 Å². The van der Waals surface area contributed by atoms with Crippen LogP contribution in [0.1, 0.15) is 26.1 Å². The summed E-state index contributed by atoms with van der Waals surface area (Å²) in [4.78, 5) is 19.7. The number of aromatic carboxylic acids is 1. The van der Waals surface area contributed by atoms with E-state index >= 15 is 0 Å². The lowest BCUT2D eigenvalue weighted by molar-refractivity contribution is 0.0696. The number of hydrogen-bond donors (Lipinski definition) is 1. The van der Waals surface area contributed by atoms with E-state index in [2.05, 4.69) is 9.97 Å². The number of nitrogens with zero attached hydrogens (tertiary/aromatic N) is 2. The van der Waals surface area contributed by atoms with E-state index in [1.54, 1.807) is 11.3 Å². The minimum atomic E-state index is -1.01. The van der Waals surface area contributed by atoms with E-state index < -0.39 is 5.97 Å². The first-order valence-electron chi connectivity index (χ1n) is 5.79. The summed E-state index contributed by atoms with van der Waals surface area (Å²) in [6.45, 7) is 1.97. The van der Waals surface area contributed by atoms with Crippen molar-refractivity contribution in [2.24, 2.45) is 0 Å². The maximum atomic E-state index is 10.8. The van der Waals surface area contributed by atoms with Crippen molar-refractivity contribution in [3.63, 3.8) is 0 Å². The molecule has 0 saturated carbocycles. The molecule has 0 bridgehead atoms. The van der Waals surface area contributed by atoms with Gasteiger partial charge in [-0.3, -0.25) is 0 Å². The van der Waals surface area contributed by atoms with Crippen LogP contribution in [0.15, 0.2) is 27.5 Å². The van der Waals surface area contributed by atoms with Gasteiger partial charge in [-0.15, -0.1) is 22.7 Å². The monoisotopic (exact) mass is 306 g/mol. The first kappa shape index (κ1) is 13.0. The van der Waals surface area contributed by atoms with Crippen molar-refractivity contribution >= 4 is 28.6 Å². The van der Waals surface area contributed by atoms with Crippen molar-refractivity contribution in [2.75, 3.05) is 0 Å². The third-order valence-electron chi connectivity index (χ3n) is 2.65. The summed E-state index contributed by atoms with van der Waals surface area (Å²) in [7, 11) is 0. The molecule has 3 rings (SSSR count). The normalized spacial score (nSPS) is 10.8. The Morgan fingerprint density at radius 2 is 2.20 bits per heavy atom. The minimum Gasteiger partial charge on any atom is -0.478 e. The van der Waals surface area contributed by atoms with E-state index in [0.717, 1.165) is 15.7 Å². The highest BCUT2D eigenvalue weighted by molar-refractivity contribution is 7.10. The molecule has 1 N–H and O–H groups in total. The molecule has 20 heavy (non-hydrogen) atoms. The van der Waals surface area contributed by atoms with Gasteiger partial charge in [0, 0.05) is 23.2 Å². The van der Waals surface area contributed by atoms with Gasteiger partial charge in [-0.2, -0.15) is 0 Å². The largest absolute Gasteiger partial charge is 0.478 e. The summed E-state index contributed by atoms with van der Waals surface area (Å²) >= 11 is 3.13. The molecule has 0 aliphatic carbocycles. The summed E-state index contributed by atoms with van der Waals surface area (Å²) in [5.74, 6) is -0.534. The van der Waals surface area contributed by atoms with Crippen molar-refractivity contribution in [3.8, 4) is 11.5 Å². The zero-order chi connectivity index (χ0) is 14.1. The van der Waals surface area contributed by atoms with E-state index in [0.29, 0.717) is 17.9 Å². The molecule has 3 aromatic heterocycles. The molecule has 0 fully saturated rings. The van der Waals surface area contributed by atoms with Crippen LogP contribution in [0.25, 0.3) is 11.5 Å². The van der Waals surface area contributed by atoms with Crippen LogP contribution in [-0.4, -0.2) is 21.0 Å². The second kappa shape index (κ2) is 5.18. The van der Waals surface area contributed by atoms with Crippen molar-refractivity contribution in [3.05, 3.63) is 44.4 Å². The van der Waals surface area contributed by atoms with Crippen LogP contribution in [0.4, 0.5) is 0 Å². The second-order valence-electron chi connectivity index (χ2n) is 4.17. The van der Waals surface area contributed by atoms with Gasteiger partial charge in [-0.25, -0.2) is 14.8 Å². The van der Waals surface area contributed by atoms with Crippen molar-refractivity contribution in [1.29, 1.82) is 0 Å². The predicted octanol–water partition coefficient (Wildman–Crippen LogP) is 3.46. The molecule has 0 unspecified atom stereocenters. The molecular weight excluding hydrogens is 296 g/mol. The van der Waals surface area contributed by atoms with Gasteiger partial charge in [-0.1, -0.05) is 0 Å². The number of furan rings is 1. The maximum absolute atomic E-state index is 10.8. The summed E-state index contributed by atoms with van der Waals surface area (Å²) < 4.78 is 5.23. The van der Waals surface area contributed by atoms with Crippen LogP contribution in [0.2, 0.25) is 0 Å². The Morgan fingerprint density at radius 1 is 1.35 bits per heavy atom. The van der Waals surface area contributed by atoms with Crippen LogP contribution in [-0.2, 0) is 6.42 Å². The Hall–Kier alpha value is -1.99. The standard InChI is InChI=1S/C13H10N2O3S2/c1-7-14-9(5-19-7)3-12-15-10(6-20-12)11-2-8(4-18-11)13(16)17/h2,4-6H,3H2,1H3,(H,16,17). The molecule has 3 aromatic rings. The number of rotatable bonds is 4. The van der Waals surface area contributed by atoms with Crippen molar-refractivity contribution < 1.29 is 14.3 Å². The molecule has 0 radical (unpaired) electrons. The molecular formula is C13H10N2O3S2. The highest BCUT2D eigenvalue weighted by atomic mass is 32.1. The lowest BCUT2D eigenvalue weighted by Gasteiger charge is -1.91. The number of hydrogen-bond acceptors (Lipinski definition) is 6. The molecule has 0 atom stereocenters. The van der Waals surface area contributed by atoms with Gasteiger partial charge in [0.05, 0.1) is 21.3 Å². The SMILES string of the molecule is Cc1nc(Cc2nc(-c3cc(C(=O)O)co3)cs2)cs1. The molecule has 0 aromatic carbocycles. The fraction of sp³-hybridized carbons (Fsp3) is 0.154. The third-order valence-corrected chi connectivity index (χ3v) is 4.32. The fourth-order valence-corrected chi connectivity index (χ4v) is 3.14. The van der Waals surface area contributed by atoms with Crippen molar-refractivity contribution in [1.82, 2.24) is 9.97 Å². The molecule has 0 spiro atoms. The molecule has 7 heteroatoms. The fourth-order valence-electron chi connectivity index (χ4n) is 1.73. The number of carbonyl (C=O) groups is 1. The van der Waals surface area contributed by atoms with E-state index in [9.17, 15) is 4.79 Å². The Morgan fingerprint density at radius 3 is 2.85 bits per heavy atom. The molecule has 3 heterocycles. The van der Waals surface area contributed by atoms with Gasteiger partial charge in [0.1, 0.15) is 12.0 Å². The second-order valence-corrected chi connectivity index (χ2v) is 6.17.